The zero-order valence-electron chi connectivity index (χ0n) is 13.5. The zero-order chi connectivity index (χ0) is 17.8. The van der Waals surface area contributed by atoms with E-state index in [1.165, 1.54) is 13.0 Å². The number of halogens is 1. The van der Waals surface area contributed by atoms with Gasteiger partial charge in [0.2, 0.25) is 5.78 Å². The van der Waals surface area contributed by atoms with Gasteiger partial charge in [-0.3, -0.25) is 9.59 Å². The van der Waals surface area contributed by atoms with Crippen LogP contribution in [0.5, 0.6) is 0 Å². The number of para-hydroxylation sites is 1. The lowest BCUT2D eigenvalue weighted by molar-refractivity contribution is -0.143. The lowest BCUT2D eigenvalue weighted by atomic mass is 10.1. The predicted molar refractivity (Wildman–Crippen MR) is 95.3 cm³/mol. The molecule has 0 fully saturated rings. The highest BCUT2D eigenvalue weighted by atomic mass is 32.2. The maximum Gasteiger partial charge on any atom is 0.316 e. The summed E-state index contributed by atoms with van der Waals surface area (Å²) in [5, 5.41) is 0.788. The second kappa shape index (κ2) is 7.53. The van der Waals surface area contributed by atoms with Crippen LogP contribution >= 0.6 is 11.8 Å². The molecular weight excluding hydrogens is 341 g/mol. The zero-order valence-corrected chi connectivity index (χ0v) is 14.3. The summed E-state index contributed by atoms with van der Waals surface area (Å²) in [6.45, 7) is 1.54. The molecule has 0 saturated carbocycles. The number of aromatic nitrogens is 1. The highest BCUT2D eigenvalue weighted by molar-refractivity contribution is 8.00. The number of carbonyl (C=O) groups is 2. The SMILES string of the molecule is C[C@H](OC(=O)CSc1ccccc1F)C(=O)c1c[nH]c2ccccc12. The van der Waals surface area contributed by atoms with Crippen molar-refractivity contribution in [1.29, 1.82) is 0 Å². The number of ether oxygens (including phenoxy) is 1. The van der Waals surface area contributed by atoms with Gasteiger partial charge >= 0.3 is 5.97 Å². The number of hydrogen-bond acceptors (Lipinski definition) is 4. The number of benzene rings is 2. The summed E-state index contributed by atoms with van der Waals surface area (Å²) in [5.41, 5.74) is 1.33. The Labute approximate surface area is 148 Å². The number of H-pyrrole nitrogens is 1. The third-order valence-electron chi connectivity index (χ3n) is 3.71. The van der Waals surface area contributed by atoms with Gasteiger partial charge in [0.15, 0.2) is 6.10 Å². The normalized spacial score (nSPS) is 12.1. The van der Waals surface area contributed by atoms with Crippen LogP contribution in [-0.4, -0.2) is 28.6 Å². The Morgan fingerprint density at radius 3 is 2.68 bits per heavy atom. The monoisotopic (exact) mass is 357 g/mol. The molecule has 6 heteroatoms. The number of ketones is 1. The molecule has 0 aliphatic heterocycles. The molecule has 25 heavy (non-hydrogen) atoms. The lowest BCUT2D eigenvalue weighted by Gasteiger charge is -2.12. The van der Waals surface area contributed by atoms with Crippen LogP contribution in [0.15, 0.2) is 59.6 Å². The molecule has 0 amide bonds. The predicted octanol–water partition coefficient (Wildman–Crippen LogP) is 4.21. The van der Waals surface area contributed by atoms with E-state index in [9.17, 15) is 14.0 Å². The van der Waals surface area contributed by atoms with Crippen LogP contribution in [0.1, 0.15) is 17.3 Å². The van der Waals surface area contributed by atoms with E-state index in [1.54, 1.807) is 24.4 Å². The van der Waals surface area contributed by atoms with Gasteiger partial charge in [0.05, 0.1) is 5.75 Å². The van der Waals surface area contributed by atoms with Gasteiger partial charge < -0.3 is 9.72 Å². The minimum absolute atomic E-state index is 0.0631. The number of thioether (sulfide) groups is 1. The number of aromatic amines is 1. The van der Waals surface area contributed by atoms with E-state index in [4.69, 9.17) is 4.74 Å². The van der Waals surface area contributed by atoms with E-state index in [1.807, 2.05) is 24.3 Å². The van der Waals surface area contributed by atoms with Crippen molar-refractivity contribution in [3.05, 3.63) is 66.1 Å². The topological polar surface area (TPSA) is 59.2 Å². The molecule has 1 atom stereocenters. The minimum atomic E-state index is -0.909. The van der Waals surface area contributed by atoms with E-state index in [2.05, 4.69) is 4.98 Å². The summed E-state index contributed by atoms with van der Waals surface area (Å²) in [6.07, 6.45) is 0.707. The van der Waals surface area contributed by atoms with Gasteiger partial charge in [-0.2, -0.15) is 0 Å². The van der Waals surface area contributed by atoms with Gasteiger partial charge in [-0.25, -0.2) is 4.39 Å². The fourth-order valence-electron chi connectivity index (χ4n) is 2.48. The van der Waals surface area contributed by atoms with Crippen LogP contribution in [0, 0.1) is 5.82 Å². The number of nitrogens with one attached hydrogen (secondary N) is 1. The van der Waals surface area contributed by atoms with Gasteiger partial charge in [-0.1, -0.05) is 30.3 Å². The Morgan fingerprint density at radius 2 is 1.88 bits per heavy atom. The largest absolute Gasteiger partial charge is 0.454 e. The average molecular weight is 357 g/mol. The maximum absolute atomic E-state index is 13.5. The first-order valence-electron chi connectivity index (χ1n) is 7.73. The van der Waals surface area contributed by atoms with Crippen LogP contribution in [0.25, 0.3) is 10.9 Å². The molecule has 2 aromatic carbocycles. The van der Waals surface area contributed by atoms with E-state index in [0.29, 0.717) is 10.5 Å². The first-order valence-corrected chi connectivity index (χ1v) is 8.72. The Balaban J connectivity index is 1.61. The summed E-state index contributed by atoms with van der Waals surface area (Å²) < 4.78 is 18.7. The summed E-state index contributed by atoms with van der Waals surface area (Å²) in [4.78, 5) is 27.9. The molecule has 0 radical (unpaired) electrons. The smallest absolute Gasteiger partial charge is 0.316 e. The maximum atomic E-state index is 13.5. The molecule has 1 N–H and O–H groups in total. The van der Waals surface area contributed by atoms with Crippen molar-refractivity contribution in [2.24, 2.45) is 0 Å². The average Bonchev–Trinajstić information content (AvgIpc) is 3.04. The van der Waals surface area contributed by atoms with Crippen molar-refractivity contribution in [3.8, 4) is 0 Å². The third-order valence-corrected chi connectivity index (χ3v) is 4.74. The molecule has 0 saturated heterocycles. The van der Waals surface area contributed by atoms with Gasteiger partial charge in [0, 0.05) is 27.6 Å². The Hall–Kier alpha value is -2.60. The van der Waals surface area contributed by atoms with Gasteiger partial charge in [-0.05, 0) is 25.1 Å². The Morgan fingerprint density at radius 1 is 1.16 bits per heavy atom. The van der Waals surface area contributed by atoms with Crippen molar-refractivity contribution in [1.82, 2.24) is 4.98 Å². The highest BCUT2D eigenvalue weighted by Gasteiger charge is 2.22. The fourth-order valence-corrected chi connectivity index (χ4v) is 3.20. The summed E-state index contributed by atoms with van der Waals surface area (Å²) >= 11 is 1.04. The van der Waals surface area contributed by atoms with E-state index in [-0.39, 0.29) is 17.4 Å². The molecule has 0 aliphatic carbocycles. The number of Topliss-reactive ketones (excluding diaryl/α,β-unsaturated/α-hetero) is 1. The molecule has 3 rings (SSSR count). The summed E-state index contributed by atoms with van der Waals surface area (Å²) in [6, 6.07) is 13.6. The molecule has 128 valence electrons. The van der Waals surface area contributed by atoms with Crippen molar-refractivity contribution < 1.29 is 18.7 Å². The number of esters is 1. The van der Waals surface area contributed by atoms with Crippen LogP contribution in [0.3, 0.4) is 0 Å². The van der Waals surface area contributed by atoms with E-state index in [0.717, 1.165) is 22.7 Å². The first-order chi connectivity index (χ1) is 12.1. The lowest BCUT2D eigenvalue weighted by Crippen LogP contribution is -2.25. The van der Waals surface area contributed by atoms with Crippen molar-refractivity contribution in [2.75, 3.05) is 5.75 Å². The molecule has 0 spiro atoms. The molecule has 1 aromatic heterocycles. The van der Waals surface area contributed by atoms with Gasteiger partial charge in [-0.15, -0.1) is 11.8 Å². The second-order valence-electron chi connectivity index (χ2n) is 5.46. The minimum Gasteiger partial charge on any atom is -0.454 e. The summed E-state index contributed by atoms with van der Waals surface area (Å²) in [5.74, 6) is -1.29. The second-order valence-corrected chi connectivity index (χ2v) is 6.48. The van der Waals surface area contributed by atoms with Crippen LogP contribution in [0.4, 0.5) is 4.39 Å². The van der Waals surface area contributed by atoms with Gasteiger partial charge in [0.25, 0.3) is 0 Å². The third kappa shape index (κ3) is 3.91. The fraction of sp³-hybridized carbons (Fsp3) is 0.158. The van der Waals surface area contributed by atoms with Gasteiger partial charge in [0.1, 0.15) is 5.82 Å². The highest BCUT2D eigenvalue weighted by Crippen LogP contribution is 2.22. The van der Waals surface area contributed by atoms with E-state index < -0.39 is 12.1 Å². The van der Waals surface area contributed by atoms with Crippen molar-refractivity contribution in [3.63, 3.8) is 0 Å². The Kier molecular flexibility index (Phi) is 5.19. The molecule has 4 nitrogen and oxygen atoms in total. The van der Waals surface area contributed by atoms with Crippen LogP contribution in [0.2, 0.25) is 0 Å². The van der Waals surface area contributed by atoms with Crippen LogP contribution < -0.4 is 0 Å². The summed E-state index contributed by atoms with van der Waals surface area (Å²) in [7, 11) is 0. The number of fused-ring (bicyclic) bond motifs is 1. The number of carbonyl (C=O) groups excluding carboxylic acids is 2. The quantitative estimate of drug-likeness (QED) is 0.408. The first kappa shape index (κ1) is 17.2. The number of hydrogen-bond donors (Lipinski definition) is 1. The molecule has 0 bridgehead atoms. The molecule has 0 aliphatic rings. The molecule has 0 unspecified atom stereocenters. The molecule has 3 aromatic rings. The van der Waals surface area contributed by atoms with Crippen molar-refractivity contribution in [2.45, 2.75) is 17.9 Å². The van der Waals surface area contributed by atoms with Crippen LogP contribution in [-0.2, 0) is 9.53 Å². The number of rotatable bonds is 6. The Bertz CT molecular complexity index is 922. The van der Waals surface area contributed by atoms with Crippen molar-refractivity contribution >= 4 is 34.4 Å². The molecule has 1 heterocycles. The standard InChI is InChI=1S/C19H16FNO3S/c1-12(19(23)14-10-21-16-8-4-2-6-13(14)16)24-18(22)11-25-17-9-5-3-7-15(17)20/h2-10,12,21H,11H2,1H3/t12-/m0/s1. The molecular formula is C19H16FNO3S. The van der Waals surface area contributed by atoms with E-state index >= 15 is 0 Å².